The van der Waals surface area contributed by atoms with Gasteiger partial charge in [0.1, 0.15) is 0 Å². The van der Waals surface area contributed by atoms with Crippen LogP contribution < -0.4 is 5.32 Å². The van der Waals surface area contributed by atoms with E-state index >= 15 is 0 Å². The number of nitrogens with one attached hydrogen (secondary N) is 1. The lowest BCUT2D eigenvalue weighted by Crippen LogP contribution is -2.31. The largest absolute Gasteiger partial charge is 0.453 e. The molecule has 0 saturated carbocycles. The minimum Gasteiger partial charge on any atom is -0.453 e. The molecule has 196 valence electrons. The van der Waals surface area contributed by atoms with Crippen LogP contribution in [0.5, 0.6) is 0 Å². The number of aryl methyl sites for hydroxylation is 1. The summed E-state index contributed by atoms with van der Waals surface area (Å²) in [7, 11) is 1.78. The normalized spacial score (nSPS) is 20.3. The van der Waals surface area contributed by atoms with E-state index < -0.39 is 24.3 Å². The molecule has 11 nitrogen and oxygen atoms in total. The van der Waals surface area contributed by atoms with Crippen LogP contribution in [0.1, 0.15) is 49.4 Å². The van der Waals surface area contributed by atoms with Crippen molar-refractivity contribution in [1.82, 2.24) is 20.2 Å². The molecular formula is C25H29N5O6S. The van der Waals surface area contributed by atoms with E-state index in [1.807, 2.05) is 30.3 Å². The molecule has 1 aliphatic heterocycles. The molecule has 1 amide bonds. The van der Waals surface area contributed by atoms with Crippen molar-refractivity contribution in [3.63, 3.8) is 0 Å². The van der Waals surface area contributed by atoms with Crippen LogP contribution in [0.2, 0.25) is 0 Å². The average molecular weight is 528 g/mol. The van der Waals surface area contributed by atoms with E-state index in [1.165, 1.54) is 25.6 Å². The molecular weight excluding hydrogens is 498 g/mol. The van der Waals surface area contributed by atoms with Crippen molar-refractivity contribution in [3.05, 3.63) is 65.2 Å². The van der Waals surface area contributed by atoms with Crippen LogP contribution in [-0.2, 0) is 37.5 Å². The minimum atomic E-state index is -0.925. The van der Waals surface area contributed by atoms with Gasteiger partial charge in [-0.25, -0.2) is 4.68 Å². The maximum Gasteiger partial charge on any atom is 0.303 e. The lowest BCUT2D eigenvalue weighted by atomic mass is 10.0. The third-order valence-corrected chi connectivity index (χ3v) is 6.88. The highest BCUT2D eigenvalue weighted by Gasteiger charge is 2.33. The molecule has 37 heavy (non-hydrogen) atoms. The van der Waals surface area contributed by atoms with Gasteiger partial charge in [0.25, 0.3) is 5.91 Å². The Balaban J connectivity index is 1.52. The van der Waals surface area contributed by atoms with Gasteiger partial charge in [-0.1, -0.05) is 48.2 Å². The SMILES string of the molecule is CC(=O)O[C@@H](C)C(=O)Nc1cccc([C@@H]2O[C@H](CSc3nnnn3C)C[C@H](c3ccc(CO)cc3)O2)c1. The van der Waals surface area contributed by atoms with Crippen molar-refractivity contribution < 1.29 is 28.9 Å². The molecule has 0 unspecified atom stereocenters. The second-order valence-electron chi connectivity index (χ2n) is 8.61. The van der Waals surface area contributed by atoms with Crippen molar-refractivity contribution in [2.24, 2.45) is 7.05 Å². The monoisotopic (exact) mass is 527 g/mol. The Bertz CT molecular complexity index is 1220. The molecule has 2 heterocycles. The number of esters is 1. The summed E-state index contributed by atoms with van der Waals surface area (Å²) in [5, 5.41) is 24.4. The number of benzene rings is 2. The number of carbonyl (C=O) groups excluding carboxylic acids is 2. The van der Waals surface area contributed by atoms with Crippen molar-refractivity contribution >= 4 is 29.3 Å². The van der Waals surface area contributed by atoms with Gasteiger partial charge in [0.2, 0.25) is 5.16 Å². The number of anilines is 1. The highest BCUT2D eigenvalue weighted by Crippen LogP contribution is 2.39. The number of ether oxygens (including phenoxy) is 3. The Hall–Kier alpha value is -3.32. The fourth-order valence-electron chi connectivity index (χ4n) is 3.84. The standard InChI is InChI=1S/C25H29N5O6S/c1-15(34-16(2)32)23(33)26-20-6-4-5-19(11-20)24-35-21(14-37-25-27-28-29-30(25)3)12-22(36-24)18-9-7-17(13-31)8-10-18/h4-11,15,21-22,24,31H,12-14H2,1-3H3,(H,26,33)/t15-,21-,22+,24+/m0/s1. The van der Waals surface area contributed by atoms with Gasteiger partial charge in [-0.3, -0.25) is 9.59 Å². The van der Waals surface area contributed by atoms with Gasteiger partial charge < -0.3 is 24.6 Å². The Morgan fingerprint density at radius 3 is 2.68 bits per heavy atom. The average Bonchev–Trinajstić information content (AvgIpc) is 3.31. The van der Waals surface area contributed by atoms with Crippen LogP contribution in [0.25, 0.3) is 0 Å². The second-order valence-corrected chi connectivity index (χ2v) is 9.60. The third-order valence-electron chi connectivity index (χ3n) is 5.73. The van der Waals surface area contributed by atoms with Crippen LogP contribution >= 0.6 is 11.8 Å². The second kappa shape index (κ2) is 12.3. The van der Waals surface area contributed by atoms with E-state index in [0.29, 0.717) is 23.0 Å². The molecule has 4 atom stereocenters. The number of aliphatic hydroxyl groups excluding tert-OH is 1. The summed E-state index contributed by atoms with van der Waals surface area (Å²) in [6, 6.07) is 14.8. The molecule has 2 aromatic carbocycles. The molecule has 2 N–H and O–H groups in total. The van der Waals surface area contributed by atoms with Gasteiger partial charge in [-0.15, -0.1) is 5.10 Å². The van der Waals surface area contributed by atoms with Crippen molar-refractivity contribution in [2.45, 2.75) is 56.6 Å². The van der Waals surface area contributed by atoms with Gasteiger partial charge in [0, 0.05) is 37.4 Å². The quantitative estimate of drug-likeness (QED) is 0.315. The van der Waals surface area contributed by atoms with Crippen LogP contribution in [-0.4, -0.2) is 55.2 Å². The van der Waals surface area contributed by atoms with Crippen LogP contribution in [0, 0.1) is 0 Å². The summed E-state index contributed by atoms with van der Waals surface area (Å²) < 4.78 is 19.2. The maximum absolute atomic E-state index is 12.4. The Morgan fingerprint density at radius 2 is 2.00 bits per heavy atom. The van der Waals surface area contributed by atoms with Crippen molar-refractivity contribution in [3.8, 4) is 0 Å². The molecule has 3 aromatic rings. The van der Waals surface area contributed by atoms with Crippen molar-refractivity contribution in [2.75, 3.05) is 11.1 Å². The van der Waals surface area contributed by atoms with E-state index in [2.05, 4.69) is 20.8 Å². The van der Waals surface area contributed by atoms with Crippen LogP contribution in [0.4, 0.5) is 5.69 Å². The molecule has 1 fully saturated rings. The smallest absolute Gasteiger partial charge is 0.303 e. The number of thioether (sulfide) groups is 1. The Morgan fingerprint density at radius 1 is 1.22 bits per heavy atom. The van der Waals surface area contributed by atoms with Gasteiger partial charge >= 0.3 is 5.97 Å². The number of tetrazole rings is 1. The van der Waals surface area contributed by atoms with Crippen molar-refractivity contribution in [1.29, 1.82) is 0 Å². The van der Waals surface area contributed by atoms with E-state index in [4.69, 9.17) is 14.2 Å². The highest BCUT2D eigenvalue weighted by atomic mass is 32.2. The summed E-state index contributed by atoms with van der Waals surface area (Å²) in [6.45, 7) is 2.73. The fraction of sp³-hybridized carbons (Fsp3) is 0.400. The number of nitrogens with zero attached hydrogens (tertiary/aromatic N) is 4. The Kier molecular flexibility index (Phi) is 8.87. The van der Waals surface area contributed by atoms with E-state index in [0.717, 1.165) is 16.7 Å². The number of rotatable bonds is 9. The molecule has 1 aliphatic rings. The summed E-state index contributed by atoms with van der Waals surface area (Å²) in [6.07, 6.45) is -1.43. The molecule has 1 aromatic heterocycles. The number of amides is 1. The van der Waals surface area contributed by atoms with Crippen LogP contribution in [0.3, 0.4) is 0 Å². The predicted molar refractivity (Wildman–Crippen MR) is 134 cm³/mol. The first-order chi connectivity index (χ1) is 17.8. The zero-order chi connectivity index (χ0) is 26.4. The van der Waals surface area contributed by atoms with Gasteiger partial charge in [0.05, 0.1) is 18.8 Å². The molecule has 4 rings (SSSR count). The minimum absolute atomic E-state index is 0.0306. The topological polar surface area (TPSA) is 138 Å². The number of hydrogen-bond donors (Lipinski definition) is 2. The molecule has 0 radical (unpaired) electrons. The highest BCUT2D eigenvalue weighted by molar-refractivity contribution is 7.99. The number of aromatic nitrogens is 4. The summed E-state index contributed by atoms with van der Waals surface area (Å²) in [5.41, 5.74) is 3.05. The molecule has 0 spiro atoms. The van der Waals surface area contributed by atoms with E-state index in [9.17, 15) is 14.7 Å². The zero-order valence-corrected chi connectivity index (χ0v) is 21.6. The molecule has 0 bridgehead atoms. The first kappa shape index (κ1) is 26.7. The summed E-state index contributed by atoms with van der Waals surface area (Å²) in [5.74, 6) is -0.360. The van der Waals surface area contributed by atoms with E-state index in [-0.39, 0.29) is 18.8 Å². The molecule has 0 aliphatic carbocycles. The number of hydrogen-bond acceptors (Lipinski definition) is 10. The predicted octanol–water partition coefficient (Wildman–Crippen LogP) is 2.93. The summed E-state index contributed by atoms with van der Waals surface area (Å²) >= 11 is 1.50. The van der Waals surface area contributed by atoms with Gasteiger partial charge in [0.15, 0.2) is 12.4 Å². The van der Waals surface area contributed by atoms with E-state index in [1.54, 1.807) is 29.9 Å². The van der Waals surface area contributed by atoms with Gasteiger partial charge in [-0.2, -0.15) is 0 Å². The first-order valence-corrected chi connectivity index (χ1v) is 12.7. The number of aliphatic hydroxyl groups is 1. The lowest BCUT2D eigenvalue weighted by molar-refractivity contribution is -0.245. The summed E-state index contributed by atoms with van der Waals surface area (Å²) in [4.78, 5) is 23.6. The molecule has 1 saturated heterocycles. The fourth-order valence-corrected chi connectivity index (χ4v) is 4.71. The van der Waals surface area contributed by atoms with Gasteiger partial charge in [-0.05, 0) is 40.6 Å². The third kappa shape index (κ3) is 7.13. The number of carbonyl (C=O) groups is 2. The first-order valence-electron chi connectivity index (χ1n) is 11.8. The Labute approximate surface area is 218 Å². The molecule has 12 heteroatoms. The lowest BCUT2D eigenvalue weighted by Gasteiger charge is -2.36. The maximum atomic E-state index is 12.4. The zero-order valence-electron chi connectivity index (χ0n) is 20.7. The van der Waals surface area contributed by atoms with Crippen LogP contribution in [0.15, 0.2) is 53.7 Å².